The number of hydrogen-bond donors (Lipinski definition) is 2. The van der Waals surface area contributed by atoms with Crippen molar-refractivity contribution >= 4 is 40.9 Å². The number of para-hydroxylation sites is 1. The number of nitrogens with zero attached hydrogens (tertiary/aromatic N) is 4. The van der Waals surface area contributed by atoms with Gasteiger partial charge in [0.15, 0.2) is 0 Å². The zero-order valence-electron chi connectivity index (χ0n) is 15.4. The molecule has 0 bridgehead atoms. The van der Waals surface area contributed by atoms with Crippen molar-refractivity contribution in [3.8, 4) is 0 Å². The van der Waals surface area contributed by atoms with E-state index in [2.05, 4.69) is 30.7 Å². The van der Waals surface area contributed by atoms with E-state index < -0.39 is 5.91 Å². The van der Waals surface area contributed by atoms with Gasteiger partial charge in [0.05, 0.1) is 11.9 Å². The summed E-state index contributed by atoms with van der Waals surface area (Å²) in [5, 5.41) is 13.4. The summed E-state index contributed by atoms with van der Waals surface area (Å²) in [6, 6.07) is 11.6. The highest BCUT2D eigenvalue weighted by Gasteiger charge is 2.17. The van der Waals surface area contributed by atoms with Crippen LogP contribution in [0.2, 0.25) is 0 Å². The largest absolute Gasteiger partial charge is 0.399 e. The van der Waals surface area contributed by atoms with Crippen LogP contribution in [-0.4, -0.2) is 45.7 Å². The Morgan fingerprint density at radius 2 is 1.96 bits per heavy atom. The lowest BCUT2D eigenvalue weighted by atomic mass is 10.2. The van der Waals surface area contributed by atoms with E-state index in [9.17, 15) is 4.79 Å². The number of rotatable bonds is 5. The number of aromatic nitrogens is 3. The molecule has 1 aromatic carbocycles. The van der Waals surface area contributed by atoms with Gasteiger partial charge in [-0.25, -0.2) is 4.98 Å². The quantitative estimate of drug-likeness (QED) is 0.678. The van der Waals surface area contributed by atoms with Gasteiger partial charge in [-0.15, -0.1) is 5.10 Å². The molecule has 0 aliphatic carbocycles. The molecule has 0 saturated carbocycles. The average Bonchev–Trinajstić information content (AvgIpc) is 3.20. The van der Waals surface area contributed by atoms with Gasteiger partial charge in [-0.2, -0.15) is 11.8 Å². The summed E-state index contributed by atoms with van der Waals surface area (Å²) in [6.07, 6.45) is 1.64. The van der Waals surface area contributed by atoms with Crippen LogP contribution in [0.5, 0.6) is 0 Å². The van der Waals surface area contributed by atoms with Crippen LogP contribution in [0.4, 0.5) is 23.2 Å². The Labute approximate surface area is 166 Å². The highest BCUT2D eigenvalue weighted by molar-refractivity contribution is 7.99. The van der Waals surface area contributed by atoms with Gasteiger partial charge >= 0.3 is 17.8 Å². The summed E-state index contributed by atoms with van der Waals surface area (Å²) in [4.78, 5) is 19.0. The van der Waals surface area contributed by atoms with Crippen molar-refractivity contribution in [3.05, 3.63) is 54.0 Å². The fourth-order valence-electron chi connectivity index (χ4n) is 2.82. The number of nitrogens with one attached hydrogen (secondary N) is 2. The van der Waals surface area contributed by atoms with Gasteiger partial charge in [0.2, 0.25) is 0 Å². The molecule has 1 amide bonds. The molecule has 1 saturated heterocycles. The fraction of sp³-hybridized carbons (Fsp3) is 0.263. The van der Waals surface area contributed by atoms with Gasteiger partial charge in [0.25, 0.3) is 0 Å². The highest BCUT2D eigenvalue weighted by Crippen LogP contribution is 2.21. The molecule has 1 aliphatic heterocycles. The summed E-state index contributed by atoms with van der Waals surface area (Å²) in [5.74, 6) is 2.54. The number of benzene rings is 1. The normalized spacial score (nSPS) is 14.0. The van der Waals surface area contributed by atoms with Crippen LogP contribution in [0.1, 0.15) is 16.2 Å². The van der Waals surface area contributed by atoms with Crippen LogP contribution in [0, 0.1) is 6.92 Å². The van der Waals surface area contributed by atoms with E-state index >= 15 is 0 Å². The number of anilines is 4. The molecule has 2 aromatic heterocycles. The number of carbonyl (C=O) groups is 1. The van der Waals surface area contributed by atoms with E-state index in [1.807, 2.05) is 55.1 Å². The van der Waals surface area contributed by atoms with E-state index in [0.717, 1.165) is 41.7 Å². The standard InChI is InChI=1S/C19H20N6O2S/c1-13-4-2-3-5-15(13)22-19-24-23-18(27-19)17(26)21-14-6-7-16(20-12-14)25-8-10-28-11-9-25/h2-7,12H,8-11H2,1H3,(H,21,26)(H,22,24). The summed E-state index contributed by atoms with van der Waals surface area (Å²) in [6.45, 7) is 3.94. The molecule has 4 rings (SSSR count). The molecular formula is C19H20N6O2S. The Balaban J connectivity index is 1.38. The molecule has 9 heteroatoms. The summed E-state index contributed by atoms with van der Waals surface area (Å²) in [7, 11) is 0. The van der Waals surface area contributed by atoms with Crippen LogP contribution in [0.25, 0.3) is 0 Å². The maximum absolute atomic E-state index is 12.4. The SMILES string of the molecule is Cc1ccccc1Nc1nnc(C(=O)Nc2ccc(N3CCSCC3)nc2)o1. The van der Waals surface area contributed by atoms with E-state index in [1.165, 1.54) is 0 Å². The van der Waals surface area contributed by atoms with Crippen LogP contribution in [0.15, 0.2) is 47.0 Å². The third kappa shape index (κ3) is 4.25. The molecular weight excluding hydrogens is 376 g/mol. The van der Waals surface area contributed by atoms with Gasteiger partial charge in [-0.1, -0.05) is 23.3 Å². The summed E-state index contributed by atoms with van der Waals surface area (Å²) in [5.41, 5.74) is 2.45. The second kappa shape index (κ2) is 8.30. The van der Waals surface area contributed by atoms with Gasteiger partial charge in [0.1, 0.15) is 5.82 Å². The number of amides is 1. The first-order chi connectivity index (χ1) is 13.7. The molecule has 0 radical (unpaired) electrons. The third-order valence-electron chi connectivity index (χ3n) is 4.35. The smallest absolute Gasteiger partial charge is 0.320 e. The van der Waals surface area contributed by atoms with Gasteiger partial charge in [-0.05, 0) is 30.7 Å². The molecule has 0 unspecified atom stereocenters. The molecule has 2 N–H and O–H groups in total. The molecule has 144 valence electrons. The zero-order valence-corrected chi connectivity index (χ0v) is 16.2. The highest BCUT2D eigenvalue weighted by atomic mass is 32.2. The van der Waals surface area contributed by atoms with Gasteiger partial charge in [-0.3, -0.25) is 4.79 Å². The first kappa shape index (κ1) is 18.3. The van der Waals surface area contributed by atoms with Crippen molar-refractivity contribution in [3.63, 3.8) is 0 Å². The van der Waals surface area contributed by atoms with Crippen LogP contribution in [0.3, 0.4) is 0 Å². The zero-order chi connectivity index (χ0) is 19.3. The predicted octanol–water partition coefficient (Wildman–Crippen LogP) is 3.32. The van der Waals surface area contributed by atoms with Crippen molar-refractivity contribution in [2.75, 3.05) is 40.1 Å². The monoisotopic (exact) mass is 396 g/mol. The van der Waals surface area contributed by atoms with E-state index in [-0.39, 0.29) is 11.9 Å². The number of hydrogen-bond acceptors (Lipinski definition) is 8. The van der Waals surface area contributed by atoms with Gasteiger partial charge in [0, 0.05) is 30.3 Å². The van der Waals surface area contributed by atoms with Crippen LogP contribution >= 0.6 is 11.8 Å². The first-order valence-corrected chi connectivity index (χ1v) is 10.1. The maximum Gasteiger partial charge on any atom is 0.320 e. The predicted molar refractivity (Wildman–Crippen MR) is 110 cm³/mol. The molecule has 0 spiro atoms. The van der Waals surface area contributed by atoms with Crippen LogP contribution in [-0.2, 0) is 0 Å². The molecule has 3 heterocycles. The van der Waals surface area contributed by atoms with Crippen molar-refractivity contribution in [1.29, 1.82) is 0 Å². The number of carbonyl (C=O) groups excluding carboxylic acids is 1. The van der Waals surface area contributed by atoms with Crippen LogP contribution < -0.4 is 15.5 Å². The molecule has 1 aliphatic rings. The molecule has 28 heavy (non-hydrogen) atoms. The lowest BCUT2D eigenvalue weighted by Crippen LogP contribution is -2.33. The minimum atomic E-state index is -0.478. The van der Waals surface area contributed by atoms with Crippen molar-refractivity contribution in [1.82, 2.24) is 15.2 Å². The molecule has 0 atom stereocenters. The minimum absolute atomic E-state index is 0.117. The van der Waals surface area contributed by atoms with E-state index in [0.29, 0.717) is 5.69 Å². The summed E-state index contributed by atoms with van der Waals surface area (Å²) < 4.78 is 5.42. The lowest BCUT2D eigenvalue weighted by molar-refractivity contribution is 0.0991. The fourth-order valence-corrected chi connectivity index (χ4v) is 3.72. The lowest BCUT2D eigenvalue weighted by Gasteiger charge is -2.27. The first-order valence-electron chi connectivity index (χ1n) is 8.95. The topological polar surface area (TPSA) is 96.2 Å². The number of aryl methyl sites for hydroxylation is 1. The second-order valence-electron chi connectivity index (χ2n) is 6.31. The van der Waals surface area contributed by atoms with E-state index in [1.54, 1.807) is 6.20 Å². The molecule has 8 nitrogen and oxygen atoms in total. The maximum atomic E-state index is 12.4. The molecule has 3 aromatic rings. The Bertz CT molecular complexity index is 953. The Hall–Kier alpha value is -3.07. The molecule has 1 fully saturated rings. The number of pyridine rings is 1. The van der Waals surface area contributed by atoms with Gasteiger partial charge < -0.3 is 20.0 Å². The Morgan fingerprint density at radius 1 is 1.14 bits per heavy atom. The van der Waals surface area contributed by atoms with Crippen molar-refractivity contribution in [2.24, 2.45) is 0 Å². The van der Waals surface area contributed by atoms with E-state index in [4.69, 9.17) is 4.42 Å². The Kier molecular flexibility index (Phi) is 5.43. The Morgan fingerprint density at radius 3 is 2.71 bits per heavy atom. The average molecular weight is 396 g/mol. The number of thioether (sulfide) groups is 1. The second-order valence-corrected chi connectivity index (χ2v) is 7.54. The minimum Gasteiger partial charge on any atom is -0.399 e. The van der Waals surface area contributed by atoms with Crippen molar-refractivity contribution in [2.45, 2.75) is 6.92 Å². The van der Waals surface area contributed by atoms with Crippen molar-refractivity contribution < 1.29 is 9.21 Å². The third-order valence-corrected chi connectivity index (χ3v) is 5.29. The summed E-state index contributed by atoms with van der Waals surface area (Å²) >= 11 is 1.95.